The van der Waals surface area contributed by atoms with Crippen LogP contribution in [-0.2, 0) is 0 Å². The normalized spacial score (nSPS) is 15.1. The maximum atomic E-state index is 7.26. The van der Waals surface area contributed by atoms with Gasteiger partial charge in [0.05, 0.1) is 0 Å². The van der Waals surface area contributed by atoms with Gasteiger partial charge in [0, 0.05) is 18.7 Å². The molecule has 2 heteroatoms. The second-order valence-electron chi connectivity index (χ2n) is 4.40. The van der Waals surface area contributed by atoms with Crippen LogP contribution >= 0.6 is 0 Å². The summed E-state index contributed by atoms with van der Waals surface area (Å²) in [5, 5.41) is 7.26. The molecular formula is C9H20N2. The third-order valence-corrected chi connectivity index (χ3v) is 1.88. The number of hydrogen-bond donors (Lipinski definition) is 1. The van der Waals surface area contributed by atoms with Gasteiger partial charge in [0.15, 0.2) is 0 Å². The van der Waals surface area contributed by atoms with Gasteiger partial charge in [0.25, 0.3) is 0 Å². The van der Waals surface area contributed by atoms with Crippen molar-refractivity contribution in [2.24, 2.45) is 11.3 Å². The first-order valence-corrected chi connectivity index (χ1v) is 4.03. The van der Waals surface area contributed by atoms with Crippen molar-refractivity contribution in [3.05, 3.63) is 0 Å². The summed E-state index contributed by atoms with van der Waals surface area (Å²) >= 11 is 0. The highest BCUT2D eigenvalue weighted by Gasteiger charge is 2.22. The predicted octanol–water partition coefficient (Wildman–Crippen LogP) is 1.86. The van der Waals surface area contributed by atoms with Gasteiger partial charge in [-0.2, -0.15) is 0 Å². The summed E-state index contributed by atoms with van der Waals surface area (Å²) in [7, 11) is 4.09. The average Bonchev–Trinajstić information content (AvgIpc) is 1.79. The first-order valence-electron chi connectivity index (χ1n) is 4.03. The first-order chi connectivity index (χ1) is 4.88. The summed E-state index contributed by atoms with van der Waals surface area (Å²) in [6.07, 6.45) is 1.56. The monoisotopic (exact) mass is 156 g/mol. The van der Waals surface area contributed by atoms with Crippen LogP contribution in [0.15, 0.2) is 0 Å². The van der Waals surface area contributed by atoms with Crippen molar-refractivity contribution in [3.63, 3.8) is 0 Å². The number of nitrogens with zero attached hydrogens (tertiary/aromatic N) is 1. The molecular weight excluding hydrogens is 136 g/mol. The zero-order chi connectivity index (χ0) is 9.07. The molecule has 0 fully saturated rings. The van der Waals surface area contributed by atoms with Crippen LogP contribution in [0.4, 0.5) is 0 Å². The third-order valence-electron chi connectivity index (χ3n) is 1.88. The largest absolute Gasteiger partial charge is 0.313 e. The highest BCUT2D eigenvalue weighted by atomic mass is 15.1. The Morgan fingerprint density at radius 1 is 1.36 bits per heavy atom. The predicted molar refractivity (Wildman–Crippen MR) is 50.3 cm³/mol. The van der Waals surface area contributed by atoms with Gasteiger partial charge in [0.1, 0.15) is 0 Å². The second-order valence-corrected chi connectivity index (χ2v) is 4.40. The molecule has 0 saturated carbocycles. The molecule has 0 saturated heterocycles. The minimum absolute atomic E-state index is 0.214. The molecule has 0 rings (SSSR count). The molecule has 1 N–H and O–H groups in total. The van der Waals surface area contributed by atoms with Gasteiger partial charge >= 0.3 is 0 Å². The molecule has 11 heavy (non-hydrogen) atoms. The van der Waals surface area contributed by atoms with Crippen LogP contribution in [0.25, 0.3) is 0 Å². The van der Waals surface area contributed by atoms with Crippen molar-refractivity contribution in [2.75, 3.05) is 20.6 Å². The van der Waals surface area contributed by atoms with Gasteiger partial charge in [-0.3, -0.25) is 0 Å². The summed E-state index contributed by atoms with van der Waals surface area (Å²) in [6, 6.07) is 0. The Hall–Kier alpha value is -0.370. The Morgan fingerprint density at radius 2 is 1.82 bits per heavy atom. The van der Waals surface area contributed by atoms with Gasteiger partial charge in [-0.05, 0) is 19.5 Å². The standard InChI is InChI=1S/C9H20N2/c1-9(2,3)8(6-10)7-11(4)5/h6,8,10H,7H2,1-5H3. The first kappa shape index (κ1) is 10.6. The van der Waals surface area contributed by atoms with E-state index in [1.54, 1.807) is 6.21 Å². The van der Waals surface area contributed by atoms with Gasteiger partial charge in [0.2, 0.25) is 0 Å². The average molecular weight is 156 g/mol. The smallest absolute Gasteiger partial charge is 0.0111 e. The molecule has 0 aliphatic heterocycles. The van der Waals surface area contributed by atoms with E-state index in [0.29, 0.717) is 5.92 Å². The van der Waals surface area contributed by atoms with Crippen LogP contribution in [0.3, 0.4) is 0 Å². The van der Waals surface area contributed by atoms with Crippen LogP contribution in [-0.4, -0.2) is 31.8 Å². The summed E-state index contributed by atoms with van der Waals surface area (Å²) < 4.78 is 0. The molecule has 1 unspecified atom stereocenters. The molecule has 66 valence electrons. The van der Waals surface area contributed by atoms with E-state index in [-0.39, 0.29) is 5.41 Å². The maximum Gasteiger partial charge on any atom is 0.0111 e. The van der Waals surface area contributed by atoms with E-state index < -0.39 is 0 Å². The fourth-order valence-corrected chi connectivity index (χ4v) is 0.970. The molecule has 0 aromatic carbocycles. The molecule has 2 nitrogen and oxygen atoms in total. The van der Waals surface area contributed by atoms with Crippen molar-refractivity contribution < 1.29 is 0 Å². The van der Waals surface area contributed by atoms with E-state index >= 15 is 0 Å². The van der Waals surface area contributed by atoms with E-state index in [0.717, 1.165) is 6.54 Å². The zero-order valence-corrected chi connectivity index (χ0v) is 8.31. The zero-order valence-electron chi connectivity index (χ0n) is 8.31. The Morgan fingerprint density at radius 3 is 1.91 bits per heavy atom. The topological polar surface area (TPSA) is 27.1 Å². The van der Waals surface area contributed by atoms with Crippen LogP contribution in [0.1, 0.15) is 20.8 Å². The Labute approximate surface area is 70.1 Å². The van der Waals surface area contributed by atoms with Crippen LogP contribution in [0.5, 0.6) is 0 Å². The number of rotatable bonds is 3. The molecule has 0 bridgehead atoms. The van der Waals surface area contributed by atoms with E-state index in [4.69, 9.17) is 5.41 Å². The molecule has 0 spiro atoms. The minimum atomic E-state index is 0.214. The summed E-state index contributed by atoms with van der Waals surface area (Å²) in [5.41, 5.74) is 0.214. The van der Waals surface area contributed by atoms with Crippen molar-refractivity contribution in [3.8, 4) is 0 Å². The fourth-order valence-electron chi connectivity index (χ4n) is 0.970. The highest BCUT2D eigenvalue weighted by Crippen LogP contribution is 2.24. The summed E-state index contributed by atoms with van der Waals surface area (Å²) in [4.78, 5) is 2.13. The van der Waals surface area contributed by atoms with E-state index in [9.17, 15) is 0 Å². The van der Waals surface area contributed by atoms with Crippen molar-refractivity contribution in [1.29, 1.82) is 5.41 Å². The quantitative estimate of drug-likeness (QED) is 0.620. The Bertz CT molecular complexity index is 122. The number of hydrogen-bond acceptors (Lipinski definition) is 2. The summed E-state index contributed by atoms with van der Waals surface area (Å²) in [5.74, 6) is 0.359. The van der Waals surface area contributed by atoms with E-state index in [1.807, 2.05) is 14.1 Å². The van der Waals surface area contributed by atoms with Crippen molar-refractivity contribution in [1.82, 2.24) is 4.90 Å². The molecule has 1 atom stereocenters. The molecule has 0 aliphatic carbocycles. The van der Waals surface area contributed by atoms with Crippen LogP contribution in [0, 0.1) is 16.7 Å². The fraction of sp³-hybridized carbons (Fsp3) is 0.889. The van der Waals surface area contributed by atoms with Gasteiger partial charge in [-0.1, -0.05) is 20.8 Å². The lowest BCUT2D eigenvalue weighted by Crippen LogP contribution is -2.32. The highest BCUT2D eigenvalue weighted by molar-refractivity contribution is 5.58. The third kappa shape index (κ3) is 4.14. The van der Waals surface area contributed by atoms with E-state index in [1.165, 1.54) is 0 Å². The summed E-state index contributed by atoms with van der Waals surface area (Å²) in [6.45, 7) is 7.48. The molecule has 0 amide bonds. The lowest BCUT2D eigenvalue weighted by molar-refractivity contribution is 0.246. The van der Waals surface area contributed by atoms with Crippen molar-refractivity contribution in [2.45, 2.75) is 20.8 Å². The lowest BCUT2D eigenvalue weighted by atomic mass is 9.81. The van der Waals surface area contributed by atoms with Crippen LogP contribution < -0.4 is 0 Å². The minimum Gasteiger partial charge on any atom is -0.313 e. The lowest BCUT2D eigenvalue weighted by Gasteiger charge is -2.29. The Kier molecular flexibility index (Phi) is 3.73. The maximum absolute atomic E-state index is 7.26. The van der Waals surface area contributed by atoms with E-state index in [2.05, 4.69) is 25.7 Å². The van der Waals surface area contributed by atoms with Gasteiger partial charge in [-0.15, -0.1) is 0 Å². The molecule has 0 aliphatic rings. The van der Waals surface area contributed by atoms with Gasteiger partial charge < -0.3 is 10.3 Å². The van der Waals surface area contributed by atoms with Gasteiger partial charge in [-0.25, -0.2) is 0 Å². The Balaban J connectivity index is 4.07. The molecule has 0 radical (unpaired) electrons. The van der Waals surface area contributed by atoms with Crippen LogP contribution in [0.2, 0.25) is 0 Å². The molecule has 0 aromatic rings. The number of nitrogens with one attached hydrogen (secondary N) is 1. The second kappa shape index (κ2) is 3.86. The molecule has 0 aromatic heterocycles. The van der Waals surface area contributed by atoms with Crippen molar-refractivity contribution >= 4 is 6.21 Å². The molecule has 0 heterocycles. The SMILES string of the molecule is CN(C)CC(C=N)C(C)(C)C.